The van der Waals surface area contributed by atoms with Crippen LogP contribution < -0.4 is 5.32 Å². The van der Waals surface area contributed by atoms with Crippen molar-refractivity contribution in [1.82, 2.24) is 10.1 Å². The highest BCUT2D eigenvalue weighted by Gasteiger charge is 2.04. The molecule has 1 aromatic rings. The van der Waals surface area contributed by atoms with Crippen LogP contribution in [0.5, 0.6) is 0 Å². The first-order valence-electron chi connectivity index (χ1n) is 4.42. The molecular formula is C8H13N3O3. The van der Waals surface area contributed by atoms with Gasteiger partial charge in [0, 0.05) is 6.54 Å². The van der Waals surface area contributed by atoms with Crippen molar-refractivity contribution in [3.05, 3.63) is 5.82 Å². The van der Waals surface area contributed by atoms with Crippen LogP contribution in [-0.2, 0) is 9.53 Å². The minimum absolute atomic E-state index is 0.240. The zero-order valence-electron chi connectivity index (χ0n) is 8.24. The van der Waals surface area contributed by atoms with Gasteiger partial charge in [0.25, 0.3) is 0 Å². The minimum atomic E-state index is -0.240. The van der Waals surface area contributed by atoms with Gasteiger partial charge in [-0.3, -0.25) is 4.79 Å². The van der Waals surface area contributed by atoms with Gasteiger partial charge in [-0.1, -0.05) is 5.16 Å². The molecule has 0 aliphatic heterocycles. The molecule has 1 N–H and O–H groups in total. The summed E-state index contributed by atoms with van der Waals surface area (Å²) < 4.78 is 9.52. The first-order valence-corrected chi connectivity index (χ1v) is 4.42. The van der Waals surface area contributed by atoms with Gasteiger partial charge in [-0.25, -0.2) is 0 Å². The van der Waals surface area contributed by atoms with E-state index in [1.165, 1.54) is 0 Å². The lowest BCUT2D eigenvalue weighted by Crippen LogP contribution is -2.11. The van der Waals surface area contributed by atoms with Crippen molar-refractivity contribution in [3.8, 4) is 0 Å². The number of aromatic nitrogens is 2. The van der Waals surface area contributed by atoms with E-state index in [1.807, 2.05) is 0 Å². The second-order valence-electron chi connectivity index (χ2n) is 2.63. The summed E-state index contributed by atoms with van der Waals surface area (Å²) in [5, 5.41) is 6.40. The van der Waals surface area contributed by atoms with E-state index < -0.39 is 0 Å². The van der Waals surface area contributed by atoms with Crippen LogP contribution in [-0.4, -0.2) is 29.3 Å². The predicted octanol–water partition coefficient (Wildman–Crippen LogP) is 0.743. The maximum absolute atomic E-state index is 10.9. The summed E-state index contributed by atoms with van der Waals surface area (Å²) >= 11 is 0. The molecule has 0 fully saturated rings. The largest absolute Gasteiger partial charge is 0.466 e. The number of anilines is 1. The van der Waals surface area contributed by atoms with E-state index in [0.717, 1.165) is 0 Å². The molecule has 0 radical (unpaired) electrons. The van der Waals surface area contributed by atoms with Crippen molar-refractivity contribution < 1.29 is 14.1 Å². The molecule has 0 saturated heterocycles. The van der Waals surface area contributed by atoms with Gasteiger partial charge in [-0.15, -0.1) is 0 Å². The summed E-state index contributed by atoms with van der Waals surface area (Å²) in [5.41, 5.74) is 0. The highest BCUT2D eigenvalue weighted by atomic mass is 16.5. The third-order valence-electron chi connectivity index (χ3n) is 1.44. The van der Waals surface area contributed by atoms with Crippen molar-refractivity contribution in [2.45, 2.75) is 20.3 Å². The summed E-state index contributed by atoms with van der Waals surface area (Å²) in [6.45, 7) is 4.33. The minimum Gasteiger partial charge on any atom is -0.466 e. The molecule has 0 aliphatic carbocycles. The van der Waals surface area contributed by atoms with Gasteiger partial charge < -0.3 is 14.6 Å². The van der Waals surface area contributed by atoms with E-state index in [4.69, 9.17) is 9.26 Å². The van der Waals surface area contributed by atoms with E-state index in [-0.39, 0.29) is 12.4 Å². The van der Waals surface area contributed by atoms with Crippen LogP contribution in [0.4, 0.5) is 6.01 Å². The molecule has 0 amide bonds. The van der Waals surface area contributed by atoms with Gasteiger partial charge >= 0.3 is 12.0 Å². The van der Waals surface area contributed by atoms with Gasteiger partial charge in [0.2, 0.25) is 0 Å². The molecule has 0 aliphatic rings. The highest BCUT2D eigenvalue weighted by Crippen LogP contribution is 2.01. The lowest BCUT2D eigenvalue weighted by Gasteiger charge is -2.00. The number of hydrogen-bond donors (Lipinski definition) is 1. The monoisotopic (exact) mass is 199 g/mol. The van der Waals surface area contributed by atoms with Crippen LogP contribution in [0.15, 0.2) is 4.52 Å². The number of rotatable bonds is 5. The molecule has 0 saturated carbocycles. The van der Waals surface area contributed by atoms with Crippen LogP contribution >= 0.6 is 0 Å². The predicted molar refractivity (Wildman–Crippen MR) is 48.8 cm³/mol. The normalized spacial score (nSPS) is 9.86. The van der Waals surface area contributed by atoms with Crippen LogP contribution in [0.3, 0.4) is 0 Å². The number of hydrogen-bond acceptors (Lipinski definition) is 6. The Hall–Kier alpha value is -1.59. The fourth-order valence-electron chi connectivity index (χ4n) is 0.874. The Morgan fingerprint density at radius 2 is 2.43 bits per heavy atom. The molecule has 0 aromatic carbocycles. The van der Waals surface area contributed by atoms with Crippen LogP contribution in [0.1, 0.15) is 19.2 Å². The van der Waals surface area contributed by atoms with Crippen LogP contribution in [0.25, 0.3) is 0 Å². The Morgan fingerprint density at radius 3 is 3.00 bits per heavy atom. The number of ether oxygens (including phenoxy) is 1. The molecule has 0 unspecified atom stereocenters. The number of carbonyl (C=O) groups is 1. The zero-order chi connectivity index (χ0) is 10.4. The molecule has 1 aromatic heterocycles. The molecule has 6 nitrogen and oxygen atoms in total. The molecule has 0 bridgehead atoms. The number of nitrogens with one attached hydrogen (secondary N) is 1. The van der Waals surface area contributed by atoms with E-state index in [0.29, 0.717) is 25.0 Å². The first-order chi connectivity index (χ1) is 6.72. The fourth-order valence-corrected chi connectivity index (χ4v) is 0.874. The Balaban J connectivity index is 2.18. The van der Waals surface area contributed by atoms with E-state index in [9.17, 15) is 4.79 Å². The third-order valence-corrected chi connectivity index (χ3v) is 1.44. The Kier molecular flexibility index (Phi) is 3.90. The molecular weight excluding hydrogens is 186 g/mol. The summed E-state index contributed by atoms with van der Waals surface area (Å²) in [5.74, 6) is 0.319. The third kappa shape index (κ3) is 3.42. The molecule has 6 heteroatoms. The van der Waals surface area contributed by atoms with Crippen molar-refractivity contribution in [2.75, 3.05) is 18.5 Å². The molecule has 14 heavy (non-hydrogen) atoms. The number of nitrogens with zero attached hydrogens (tertiary/aromatic N) is 2. The second kappa shape index (κ2) is 5.21. The van der Waals surface area contributed by atoms with Crippen molar-refractivity contribution >= 4 is 12.0 Å². The van der Waals surface area contributed by atoms with Crippen LogP contribution in [0.2, 0.25) is 0 Å². The van der Waals surface area contributed by atoms with Gasteiger partial charge in [0.15, 0.2) is 5.82 Å². The van der Waals surface area contributed by atoms with Gasteiger partial charge in [0.05, 0.1) is 13.0 Å². The number of aryl methyl sites for hydroxylation is 1. The molecule has 1 heterocycles. The first kappa shape index (κ1) is 10.5. The molecule has 78 valence electrons. The average Bonchev–Trinajstić information content (AvgIpc) is 2.52. The topological polar surface area (TPSA) is 77.2 Å². The summed E-state index contributed by atoms with van der Waals surface area (Å²) in [6.07, 6.45) is 0.287. The number of carbonyl (C=O) groups excluding carboxylic acids is 1. The van der Waals surface area contributed by atoms with Crippen molar-refractivity contribution in [3.63, 3.8) is 0 Å². The van der Waals surface area contributed by atoms with Gasteiger partial charge in [0.1, 0.15) is 0 Å². The van der Waals surface area contributed by atoms with Crippen molar-refractivity contribution in [2.24, 2.45) is 0 Å². The Labute approximate surface area is 81.6 Å². The molecule has 0 atom stereocenters. The molecule has 1 rings (SSSR count). The second-order valence-corrected chi connectivity index (χ2v) is 2.63. The van der Waals surface area contributed by atoms with Gasteiger partial charge in [-0.05, 0) is 13.8 Å². The fraction of sp³-hybridized carbons (Fsp3) is 0.625. The molecule has 0 spiro atoms. The quantitative estimate of drug-likeness (QED) is 0.705. The van der Waals surface area contributed by atoms with E-state index >= 15 is 0 Å². The lowest BCUT2D eigenvalue weighted by atomic mass is 10.4. The SMILES string of the molecule is CCOC(=O)CCNc1nc(C)no1. The summed E-state index contributed by atoms with van der Waals surface area (Å²) in [4.78, 5) is 14.8. The summed E-state index contributed by atoms with van der Waals surface area (Å²) in [6, 6.07) is 0.326. The highest BCUT2D eigenvalue weighted by molar-refractivity contribution is 5.69. The van der Waals surface area contributed by atoms with E-state index in [1.54, 1.807) is 13.8 Å². The van der Waals surface area contributed by atoms with Crippen LogP contribution in [0, 0.1) is 6.92 Å². The maximum Gasteiger partial charge on any atom is 0.321 e. The maximum atomic E-state index is 10.9. The van der Waals surface area contributed by atoms with Gasteiger partial charge in [-0.2, -0.15) is 4.98 Å². The Bertz CT molecular complexity index is 298. The Morgan fingerprint density at radius 1 is 1.64 bits per heavy atom. The van der Waals surface area contributed by atoms with E-state index in [2.05, 4.69) is 15.5 Å². The standard InChI is InChI=1S/C8H13N3O3/c1-3-13-7(12)4-5-9-8-10-6(2)11-14-8/h3-5H2,1-2H3,(H,9,10,11). The van der Waals surface area contributed by atoms with Crippen molar-refractivity contribution in [1.29, 1.82) is 0 Å². The zero-order valence-corrected chi connectivity index (χ0v) is 8.24. The summed E-state index contributed by atoms with van der Waals surface area (Å²) in [7, 11) is 0. The number of esters is 1. The lowest BCUT2D eigenvalue weighted by molar-refractivity contribution is -0.142. The average molecular weight is 199 g/mol. The smallest absolute Gasteiger partial charge is 0.321 e.